The number of fused-ring (bicyclic) bond motifs is 2. The Balaban J connectivity index is 1.75. The molecule has 5 rings (SSSR count). The highest BCUT2D eigenvalue weighted by molar-refractivity contribution is 7.07. The van der Waals surface area contributed by atoms with Crippen molar-refractivity contribution in [2.75, 3.05) is 20.3 Å². The number of esters is 1. The van der Waals surface area contributed by atoms with Crippen LogP contribution in [-0.2, 0) is 9.53 Å². The molecule has 0 saturated heterocycles. The minimum atomic E-state index is -0.731. The van der Waals surface area contributed by atoms with E-state index in [-0.39, 0.29) is 12.2 Å². The molecule has 38 heavy (non-hydrogen) atoms. The first-order valence-electron chi connectivity index (χ1n) is 12.4. The molecule has 1 aliphatic heterocycles. The Morgan fingerprint density at radius 2 is 1.84 bits per heavy atom. The van der Waals surface area contributed by atoms with Gasteiger partial charge in [-0.25, -0.2) is 9.79 Å². The zero-order valence-corrected chi connectivity index (χ0v) is 22.5. The van der Waals surface area contributed by atoms with E-state index in [1.165, 1.54) is 11.3 Å². The van der Waals surface area contributed by atoms with Gasteiger partial charge in [-0.05, 0) is 60.9 Å². The van der Waals surface area contributed by atoms with Crippen molar-refractivity contribution in [3.05, 3.63) is 103 Å². The van der Waals surface area contributed by atoms with Crippen molar-refractivity contribution in [1.29, 1.82) is 0 Å². The van der Waals surface area contributed by atoms with Gasteiger partial charge in [-0.3, -0.25) is 9.36 Å². The van der Waals surface area contributed by atoms with Crippen LogP contribution in [-0.4, -0.2) is 30.9 Å². The van der Waals surface area contributed by atoms with E-state index in [4.69, 9.17) is 14.2 Å². The molecule has 194 valence electrons. The van der Waals surface area contributed by atoms with Crippen LogP contribution in [0.4, 0.5) is 0 Å². The average molecular weight is 529 g/mol. The molecule has 1 aromatic heterocycles. The fraction of sp³-hybridized carbons (Fsp3) is 0.233. The number of carbonyl (C=O) groups is 1. The largest absolute Gasteiger partial charge is 0.493 e. The van der Waals surface area contributed by atoms with Crippen LogP contribution in [0.15, 0.2) is 81.7 Å². The zero-order chi connectivity index (χ0) is 26.8. The minimum absolute atomic E-state index is 0.209. The third kappa shape index (κ3) is 4.52. The standard InChI is InChI=1S/C30H28N2O5S/c1-5-36-24-16-21(14-15-23(24)35-4)27-26(29(34)37-6-2)18(3)31-30-32(27)28(33)25(38-30)17-20-12-9-11-19-10-7-8-13-22(19)20/h7-17,27H,5-6H2,1-4H3/b25-17-/t27-/m1/s1. The Kier molecular flexibility index (Phi) is 7.15. The number of thiazole rings is 1. The first kappa shape index (κ1) is 25.5. The topological polar surface area (TPSA) is 79.1 Å². The maximum atomic E-state index is 14.0. The maximum absolute atomic E-state index is 14.0. The number of rotatable bonds is 7. The summed E-state index contributed by atoms with van der Waals surface area (Å²) in [5, 5.41) is 2.14. The van der Waals surface area contributed by atoms with Gasteiger partial charge in [-0.2, -0.15) is 0 Å². The molecular formula is C30H28N2O5S. The van der Waals surface area contributed by atoms with Crippen LogP contribution >= 0.6 is 11.3 Å². The summed E-state index contributed by atoms with van der Waals surface area (Å²) in [4.78, 5) is 32.3. The Hall–Kier alpha value is -4.17. The van der Waals surface area contributed by atoms with E-state index in [2.05, 4.69) is 4.99 Å². The van der Waals surface area contributed by atoms with Gasteiger partial charge in [0.1, 0.15) is 0 Å². The van der Waals surface area contributed by atoms with Crippen LogP contribution in [0.5, 0.6) is 11.5 Å². The van der Waals surface area contributed by atoms with Gasteiger partial charge in [0.25, 0.3) is 5.56 Å². The van der Waals surface area contributed by atoms with Crippen LogP contribution in [0.2, 0.25) is 0 Å². The van der Waals surface area contributed by atoms with Gasteiger partial charge >= 0.3 is 5.97 Å². The molecule has 3 aromatic carbocycles. The second-order valence-electron chi connectivity index (χ2n) is 8.71. The molecule has 0 amide bonds. The molecule has 0 aliphatic carbocycles. The van der Waals surface area contributed by atoms with E-state index < -0.39 is 12.0 Å². The van der Waals surface area contributed by atoms with E-state index in [1.54, 1.807) is 31.6 Å². The van der Waals surface area contributed by atoms with E-state index >= 15 is 0 Å². The van der Waals surface area contributed by atoms with Crippen molar-refractivity contribution in [3.63, 3.8) is 0 Å². The number of methoxy groups -OCH3 is 1. The lowest BCUT2D eigenvalue weighted by Crippen LogP contribution is -2.40. The highest BCUT2D eigenvalue weighted by Gasteiger charge is 2.34. The van der Waals surface area contributed by atoms with Crippen molar-refractivity contribution in [2.24, 2.45) is 4.99 Å². The molecule has 0 N–H and O–H groups in total. The Bertz CT molecular complexity index is 1740. The number of aromatic nitrogens is 1. The van der Waals surface area contributed by atoms with Crippen LogP contribution in [0, 0.1) is 0 Å². The Labute approximate surface area is 223 Å². The van der Waals surface area contributed by atoms with E-state index in [0.29, 0.717) is 44.3 Å². The van der Waals surface area contributed by atoms with Crippen LogP contribution in [0.25, 0.3) is 16.8 Å². The van der Waals surface area contributed by atoms with Gasteiger partial charge in [0, 0.05) is 0 Å². The molecule has 1 aliphatic rings. The van der Waals surface area contributed by atoms with Crippen molar-refractivity contribution < 1.29 is 19.0 Å². The van der Waals surface area contributed by atoms with Crippen molar-refractivity contribution in [3.8, 4) is 11.5 Å². The number of allylic oxidation sites excluding steroid dienone is 1. The predicted molar refractivity (Wildman–Crippen MR) is 149 cm³/mol. The molecule has 1 atom stereocenters. The van der Waals surface area contributed by atoms with Gasteiger partial charge in [0.2, 0.25) is 0 Å². The lowest BCUT2D eigenvalue weighted by atomic mass is 9.95. The second kappa shape index (κ2) is 10.7. The number of ether oxygens (including phenoxy) is 3. The summed E-state index contributed by atoms with van der Waals surface area (Å²) < 4.78 is 18.8. The molecule has 0 fully saturated rings. The first-order valence-corrected chi connectivity index (χ1v) is 13.3. The summed E-state index contributed by atoms with van der Waals surface area (Å²) in [7, 11) is 1.57. The van der Waals surface area contributed by atoms with E-state index in [1.807, 2.05) is 67.6 Å². The molecule has 7 nitrogen and oxygen atoms in total. The predicted octanol–water partition coefficient (Wildman–Crippen LogP) is 4.36. The molecule has 0 spiro atoms. The molecule has 0 radical (unpaired) electrons. The number of hydrogen-bond acceptors (Lipinski definition) is 7. The fourth-order valence-electron chi connectivity index (χ4n) is 4.76. The van der Waals surface area contributed by atoms with Crippen LogP contribution in [0.1, 0.15) is 37.9 Å². The number of hydrogen-bond donors (Lipinski definition) is 0. The summed E-state index contributed by atoms with van der Waals surface area (Å²) in [5.41, 5.74) is 2.25. The molecular weight excluding hydrogens is 500 g/mol. The van der Waals surface area contributed by atoms with Crippen molar-refractivity contribution in [1.82, 2.24) is 4.57 Å². The summed E-state index contributed by atoms with van der Waals surface area (Å²) in [6.07, 6.45) is 1.90. The molecule has 2 heterocycles. The SMILES string of the molecule is CCOC(=O)C1=C(C)N=c2s/c(=C\c3cccc4ccccc34)c(=O)n2[C@@H]1c1ccc(OC)c(OCC)c1. The van der Waals surface area contributed by atoms with Crippen molar-refractivity contribution in [2.45, 2.75) is 26.8 Å². The van der Waals surface area contributed by atoms with Crippen molar-refractivity contribution >= 4 is 34.2 Å². The third-order valence-corrected chi connectivity index (χ3v) is 7.41. The second-order valence-corrected chi connectivity index (χ2v) is 9.72. The summed E-state index contributed by atoms with van der Waals surface area (Å²) >= 11 is 1.30. The summed E-state index contributed by atoms with van der Waals surface area (Å²) in [6, 6.07) is 18.8. The monoisotopic (exact) mass is 528 g/mol. The fourth-order valence-corrected chi connectivity index (χ4v) is 5.79. The van der Waals surface area contributed by atoms with E-state index in [9.17, 15) is 9.59 Å². The van der Waals surface area contributed by atoms with Gasteiger partial charge < -0.3 is 14.2 Å². The average Bonchev–Trinajstić information content (AvgIpc) is 3.22. The zero-order valence-electron chi connectivity index (χ0n) is 21.7. The number of nitrogens with zero attached hydrogens (tertiary/aromatic N) is 2. The Morgan fingerprint density at radius 1 is 1.05 bits per heavy atom. The lowest BCUT2D eigenvalue weighted by Gasteiger charge is -2.25. The summed E-state index contributed by atoms with van der Waals surface area (Å²) in [6.45, 7) is 6.06. The van der Waals surface area contributed by atoms with Gasteiger partial charge in [0.05, 0.1) is 42.2 Å². The van der Waals surface area contributed by atoms with Gasteiger partial charge in [0.15, 0.2) is 16.3 Å². The molecule has 0 bridgehead atoms. The van der Waals surface area contributed by atoms with Gasteiger partial charge in [-0.15, -0.1) is 0 Å². The van der Waals surface area contributed by atoms with Crippen LogP contribution in [0.3, 0.4) is 0 Å². The smallest absolute Gasteiger partial charge is 0.338 e. The highest BCUT2D eigenvalue weighted by atomic mass is 32.1. The highest BCUT2D eigenvalue weighted by Crippen LogP contribution is 2.36. The van der Waals surface area contributed by atoms with Crippen LogP contribution < -0.4 is 24.4 Å². The minimum Gasteiger partial charge on any atom is -0.493 e. The molecule has 8 heteroatoms. The first-order chi connectivity index (χ1) is 18.5. The number of carbonyl (C=O) groups excluding carboxylic acids is 1. The molecule has 0 saturated carbocycles. The quantitative estimate of drug-likeness (QED) is 0.333. The Morgan fingerprint density at radius 3 is 2.61 bits per heavy atom. The van der Waals surface area contributed by atoms with E-state index in [0.717, 1.165) is 16.3 Å². The molecule has 0 unspecified atom stereocenters. The summed E-state index contributed by atoms with van der Waals surface area (Å²) in [5.74, 6) is 0.594. The molecule has 4 aromatic rings. The lowest BCUT2D eigenvalue weighted by molar-refractivity contribution is -0.139. The maximum Gasteiger partial charge on any atom is 0.338 e. The van der Waals surface area contributed by atoms with Gasteiger partial charge in [-0.1, -0.05) is 59.9 Å². The normalized spacial score (nSPS) is 15.3. The number of benzene rings is 3. The third-order valence-electron chi connectivity index (χ3n) is 6.43.